The first-order valence-electron chi connectivity index (χ1n) is 6.67. The second-order valence-electron chi connectivity index (χ2n) is 6.06. The van der Waals surface area contributed by atoms with Gasteiger partial charge in [-0.3, -0.25) is 0 Å². The van der Waals surface area contributed by atoms with Gasteiger partial charge in [0.15, 0.2) is 0 Å². The van der Waals surface area contributed by atoms with Crippen molar-refractivity contribution >= 4 is 0 Å². The zero-order valence-corrected chi connectivity index (χ0v) is 11.2. The highest BCUT2D eigenvalue weighted by atomic mass is 15.4. The molecule has 0 radical (unpaired) electrons. The molecule has 1 aromatic heterocycles. The van der Waals surface area contributed by atoms with Crippen LogP contribution in [0.25, 0.3) is 0 Å². The van der Waals surface area contributed by atoms with Crippen LogP contribution in [0.15, 0.2) is 6.20 Å². The Morgan fingerprint density at radius 1 is 1.53 bits per heavy atom. The average molecular weight is 236 g/mol. The molecule has 2 unspecified atom stereocenters. The predicted octanol–water partition coefficient (Wildman–Crippen LogP) is 2.31. The number of aromatic nitrogens is 3. The molecule has 0 spiro atoms. The average Bonchev–Trinajstić information content (AvgIpc) is 2.70. The summed E-state index contributed by atoms with van der Waals surface area (Å²) in [7, 11) is 0. The molecule has 0 bridgehead atoms. The molecule has 17 heavy (non-hydrogen) atoms. The summed E-state index contributed by atoms with van der Waals surface area (Å²) < 4.78 is 2.03. The van der Waals surface area contributed by atoms with Crippen LogP contribution in [0.1, 0.15) is 58.1 Å². The van der Waals surface area contributed by atoms with Crippen LogP contribution in [0.5, 0.6) is 0 Å². The molecule has 2 atom stereocenters. The van der Waals surface area contributed by atoms with E-state index in [4.69, 9.17) is 5.73 Å². The van der Waals surface area contributed by atoms with Crippen molar-refractivity contribution in [2.24, 2.45) is 11.1 Å². The lowest BCUT2D eigenvalue weighted by atomic mass is 9.69. The van der Waals surface area contributed by atoms with Crippen LogP contribution in [0.3, 0.4) is 0 Å². The molecular formula is C13H24N4. The molecule has 0 aliphatic heterocycles. The van der Waals surface area contributed by atoms with Crippen LogP contribution < -0.4 is 5.73 Å². The van der Waals surface area contributed by atoms with Gasteiger partial charge >= 0.3 is 0 Å². The van der Waals surface area contributed by atoms with Gasteiger partial charge in [0.2, 0.25) is 0 Å². The normalized spacial score (nSPS) is 28.2. The molecule has 1 heterocycles. The van der Waals surface area contributed by atoms with Gasteiger partial charge in [0, 0.05) is 18.5 Å². The van der Waals surface area contributed by atoms with Crippen LogP contribution in [0, 0.1) is 5.41 Å². The Morgan fingerprint density at radius 2 is 2.29 bits per heavy atom. The Labute approximate surface area is 104 Å². The Balaban J connectivity index is 2.21. The monoisotopic (exact) mass is 236 g/mol. The second-order valence-corrected chi connectivity index (χ2v) is 6.06. The lowest BCUT2D eigenvalue weighted by molar-refractivity contribution is 0.193. The van der Waals surface area contributed by atoms with Crippen molar-refractivity contribution in [1.29, 1.82) is 0 Å². The largest absolute Gasteiger partial charge is 0.327 e. The van der Waals surface area contributed by atoms with E-state index in [1.807, 2.05) is 10.9 Å². The van der Waals surface area contributed by atoms with E-state index in [9.17, 15) is 0 Å². The minimum absolute atomic E-state index is 0.261. The van der Waals surface area contributed by atoms with E-state index in [2.05, 4.69) is 31.1 Å². The van der Waals surface area contributed by atoms with E-state index in [1.165, 1.54) is 12.1 Å². The van der Waals surface area contributed by atoms with Crippen molar-refractivity contribution in [3.8, 4) is 0 Å². The molecule has 0 aromatic carbocycles. The third kappa shape index (κ3) is 2.68. The van der Waals surface area contributed by atoms with Gasteiger partial charge in [0.1, 0.15) is 0 Å². The minimum atomic E-state index is 0.261. The SMILES string of the molecule is CCCn1nncc1C1CC(C)(C)CCC1N. The van der Waals surface area contributed by atoms with Crippen molar-refractivity contribution in [2.45, 2.75) is 65.0 Å². The third-order valence-electron chi connectivity index (χ3n) is 3.91. The van der Waals surface area contributed by atoms with E-state index in [-0.39, 0.29) is 6.04 Å². The van der Waals surface area contributed by atoms with Gasteiger partial charge in [-0.1, -0.05) is 26.0 Å². The van der Waals surface area contributed by atoms with Crippen molar-refractivity contribution in [1.82, 2.24) is 15.0 Å². The van der Waals surface area contributed by atoms with Crippen LogP contribution in [-0.4, -0.2) is 21.0 Å². The minimum Gasteiger partial charge on any atom is -0.327 e. The first-order valence-corrected chi connectivity index (χ1v) is 6.67. The highest BCUT2D eigenvalue weighted by Gasteiger charge is 2.35. The zero-order chi connectivity index (χ0) is 12.5. The molecule has 4 heteroatoms. The fraction of sp³-hybridized carbons (Fsp3) is 0.846. The van der Waals surface area contributed by atoms with Gasteiger partial charge in [0.05, 0.1) is 11.9 Å². The lowest BCUT2D eigenvalue weighted by Gasteiger charge is -2.39. The molecule has 1 fully saturated rings. The van der Waals surface area contributed by atoms with Gasteiger partial charge in [0.25, 0.3) is 0 Å². The first-order chi connectivity index (χ1) is 8.03. The van der Waals surface area contributed by atoms with Crippen LogP contribution in [0.4, 0.5) is 0 Å². The van der Waals surface area contributed by atoms with E-state index in [0.29, 0.717) is 11.3 Å². The molecule has 0 amide bonds. The molecule has 1 aliphatic rings. The van der Waals surface area contributed by atoms with Crippen LogP contribution in [-0.2, 0) is 6.54 Å². The highest BCUT2D eigenvalue weighted by Crippen LogP contribution is 2.42. The van der Waals surface area contributed by atoms with Crippen LogP contribution in [0.2, 0.25) is 0 Å². The molecule has 1 saturated carbocycles. The summed E-state index contributed by atoms with van der Waals surface area (Å²) in [6, 6.07) is 0.261. The number of aryl methyl sites for hydroxylation is 1. The maximum absolute atomic E-state index is 6.29. The zero-order valence-electron chi connectivity index (χ0n) is 11.2. The lowest BCUT2D eigenvalue weighted by Crippen LogP contribution is -2.38. The molecule has 96 valence electrons. The number of rotatable bonds is 3. The summed E-state index contributed by atoms with van der Waals surface area (Å²) in [5.74, 6) is 0.417. The van der Waals surface area contributed by atoms with E-state index >= 15 is 0 Å². The number of nitrogens with zero attached hydrogens (tertiary/aromatic N) is 3. The van der Waals surface area contributed by atoms with Gasteiger partial charge in [-0.25, -0.2) is 4.68 Å². The topological polar surface area (TPSA) is 56.7 Å². The second kappa shape index (κ2) is 4.77. The third-order valence-corrected chi connectivity index (χ3v) is 3.91. The fourth-order valence-electron chi connectivity index (χ4n) is 2.87. The predicted molar refractivity (Wildman–Crippen MR) is 68.7 cm³/mol. The Hall–Kier alpha value is -0.900. The Morgan fingerprint density at radius 3 is 3.00 bits per heavy atom. The van der Waals surface area contributed by atoms with Gasteiger partial charge in [-0.2, -0.15) is 0 Å². The summed E-state index contributed by atoms with van der Waals surface area (Å²) in [6.07, 6.45) is 6.46. The van der Waals surface area contributed by atoms with E-state index < -0.39 is 0 Å². The van der Waals surface area contributed by atoms with Gasteiger partial charge in [-0.05, 0) is 31.1 Å². The fourth-order valence-corrected chi connectivity index (χ4v) is 2.87. The number of hydrogen-bond donors (Lipinski definition) is 1. The summed E-state index contributed by atoms with van der Waals surface area (Å²) in [5.41, 5.74) is 7.91. The number of hydrogen-bond acceptors (Lipinski definition) is 3. The molecular weight excluding hydrogens is 212 g/mol. The molecule has 2 rings (SSSR count). The van der Waals surface area contributed by atoms with Crippen molar-refractivity contribution < 1.29 is 0 Å². The summed E-state index contributed by atoms with van der Waals surface area (Å²) in [5, 5.41) is 8.23. The standard InChI is InChI=1S/C13H24N4/c1-4-7-17-12(9-15-16-17)10-8-13(2,3)6-5-11(10)14/h9-11H,4-8,14H2,1-3H3. The van der Waals surface area contributed by atoms with Crippen molar-refractivity contribution in [3.63, 3.8) is 0 Å². The maximum Gasteiger partial charge on any atom is 0.0728 e. The quantitative estimate of drug-likeness (QED) is 0.876. The molecule has 1 aromatic rings. The number of nitrogens with two attached hydrogens (primary N) is 1. The maximum atomic E-state index is 6.29. The summed E-state index contributed by atoms with van der Waals surface area (Å²) >= 11 is 0. The van der Waals surface area contributed by atoms with Crippen molar-refractivity contribution in [3.05, 3.63) is 11.9 Å². The smallest absolute Gasteiger partial charge is 0.0728 e. The van der Waals surface area contributed by atoms with E-state index in [1.54, 1.807) is 0 Å². The van der Waals surface area contributed by atoms with Crippen LogP contribution >= 0.6 is 0 Å². The van der Waals surface area contributed by atoms with Gasteiger partial charge < -0.3 is 5.73 Å². The molecule has 4 nitrogen and oxygen atoms in total. The van der Waals surface area contributed by atoms with E-state index in [0.717, 1.165) is 25.8 Å². The molecule has 1 aliphatic carbocycles. The summed E-state index contributed by atoms with van der Waals surface area (Å²) in [6.45, 7) is 7.77. The molecule has 2 N–H and O–H groups in total. The van der Waals surface area contributed by atoms with Crippen molar-refractivity contribution in [2.75, 3.05) is 0 Å². The first kappa shape index (κ1) is 12.6. The highest BCUT2D eigenvalue weighted by molar-refractivity contribution is 5.10. The Kier molecular flexibility index (Phi) is 3.52. The van der Waals surface area contributed by atoms with Gasteiger partial charge in [-0.15, -0.1) is 5.10 Å². The summed E-state index contributed by atoms with van der Waals surface area (Å²) in [4.78, 5) is 0. The molecule has 0 saturated heterocycles. The Bertz CT molecular complexity index is 369.